The topological polar surface area (TPSA) is 72.2 Å². The second kappa shape index (κ2) is 6.47. The van der Waals surface area contributed by atoms with Gasteiger partial charge >= 0.3 is 0 Å². The number of pyridine rings is 1. The van der Waals surface area contributed by atoms with E-state index in [2.05, 4.69) is 36.5 Å². The summed E-state index contributed by atoms with van der Waals surface area (Å²) in [7, 11) is 1.67. The Bertz CT molecular complexity index is 902. The maximum atomic E-state index is 12.1. The van der Waals surface area contributed by atoms with E-state index in [0.29, 0.717) is 20.9 Å². The highest BCUT2D eigenvalue weighted by Gasteiger charge is 2.14. The molecule has 2 aromatic heterocycles. The van der Waals surface area contributed by atoms with Crippen LogP contribution in [0.3, 0.4) is 0 Å². The molecule has 0 aliphatic carbocycles. The minimum atomic E-state index is -0.377. The van der Waals surface area contributed by atoms with Crippen LogP contribution in [0.15, 0.2) is 46.1 Å². The van der Waals surface area contributed by atoms with Gasteiger partial charge in [-0.15, -0.1) is 0 Å². The Morgan fingerprint density at radius 2 is 2.22 bits per heavy atom. The summed E-state index contributed by atoms with van der Waals surface area (Å²) in [5.74, 6) is -0.377. The first-order valence-electron chi connectivity index (χ1n) is 6.62. The molecule has 0 spiro atoms. The molecule has 6 nitrogen and oxygen atoms in total. The van der Waals surface area contributed by atoms with Gasteiger partial charge in [0.15, 0.2) is 0 Å². The summed E-state index contributed by atoms with van der Waals surface area (Å²) in [6.07, 6.45) is 3.01. The molecule has 0 unspecified atom stereocenters. The van der Waals surface area contributed by atoms with E-state index in [1.54, 1.807) is 13.2 Å². The second-order valence-corrected chi connectivity index (χ2v) is 5.94. The van der Waals surface area contributed by atoms with Crippen molar-refractivity contribution < 1.29 is 4.79 Å². The van der Waals surface area contributed by atoms with Gasteiger partial charge in [-0.05, 0) is 28.1 Å². The Morgan fingerprint density at radius 3 is 2.96 bits per heavy atom. The number of para-hydroxylation sites is 1. The van der Waals surface area contributed by atoms with Gasteiger partial charge in [-0.3, -0.25) is 9.48 Å². The van der Waals surface area contributed by atoms with Crippen LogP contribution in [0.5, 0.6) is 0 Å². The number of rotatable bonds is 3. The summed E-state index contributed by atoms with van der Waals surface area (Å²) in [6.45, 7) is 0. The van der Waals surface area contributed by atoms with Crippen molar-refractivity contribution >= 4 is 50.6 Å². The minimum absolute atomic E-state index is 0.323. The molecule has 23 heavy (non-hydrogen) atoms. The van der Waals surface area contributed by atoms with E-state index in [1.807, 2.05) is 30.3 Å². The van der Waals surface area contributed by atoms with Crippen LogP contribution in [0, 0.1) is 0 Å². The lowest BCUT2D eigenvalue weighted by molar-refractivity contribution is 0.0945. The van der Waals surface area contributed by atoms with Gasteiger partial charge in [0, 0.05) is 18.0 Å². The number of fused-ring (bicyclic) bond motifs is 1. The molecule has 1 aromatic carbocycles. The average Bonchev–Trinajstić information content (AvgIpc) is 2.86. The molecule has 0 saturated carbocycles. The zero-order chi connectivity index (χ0) is 16.4. The SMILES string of the molecule is Cn1ncc(Br)c1C(=O)N/N=C/c1cc2ccccc2nc1Cl. The second-order valence-electron chi connectivity index (χ2n) is 4.72. The van der Waals surface area contributed by atoms with Crippen LogP contribution in [0.25, 0.3) is 10.9 Å². The predicted octanol–water partition coefficient (Wildman–Crippen LogP) is 3.15. The molecule has 0 fully saturated rings. The van der Waals surface area contributed by atoms with Gasteiger partial charge < -0.3 is 0 Å². The van der Waals surface area contributed by atoms with Crippen molar-refractivity contribution in [3.63, 3.8) is 0 Å². The fourth-order valence-corrected chi connectivity index (χ4v) is 2.80. The molecule has 8 heteroatoms. The van der Waals surface area contributed by atoms with E-state index in [4.69, 9.17) is 11.6 Å². The number of nitrogens with one attached hydrogen (secondary N) is 1. The van der Waals surface area contributed by atoms with Crippen molar-refractivity contribution in [1.82, 2.24) is 20.2 Å². The number of carbonyl (C=O) groups excluding carboxylic acids is 1. The Labute approximate surface area is 145 Å². The van der Waals surface area contributed by atoms with Gasteiger partial charge in [-0.2, -0.15) is 10.2 Å². The van der Waals surface area contributed by atoms with Crippen molar-refractivity contribution in [2.45, 2.75) is 0 Å². The maximum absolute atomic E-state index is 12.1. The third-order valence-corrected chi connectivity index (χ3v) is 4.07. The molecule has 1 N–H and O–H groups in total. The summed E-state index contributed by atoms with van der Waals surface area (Å²) >= 11 is 9.40. The highest BCUT2D eigenvalue weighted by molar-refractivity contribution is 9.10. The first-order valence-corrected chi connectivity index (χ1v) is 7.79. The molecule has 3 rings (SSSR count). The number of amides is 1. The average molecular weight is 393 g/mol. The molecule has 0 atom stereocenters. The van der Waals surface area contributed by atoms with Crippen LogP contribution < -0.4 is 5.43 Å². The monoisotopic (exact) mass is 391 g/mol. The molecule has 2 heterocycles. The molecule has 0 saturated heterocycles. The number of aromatic nitrogens is 3. The Balaban J connectivity index is 1.81. The van der Waals surface area contributed by atoms with Crippen LogP contribution in [0.4, 0.5) is 0 Å². The highest BCUT2D eigenvalue weighted by atomic mass is 79.9. The number of hydrogen-bond acceptors (Lipinski definition) is 4. The van der Waals surface area contributed by atoms with Crippen LogP contribution in [-0.2, 0) is 7.05 Å². The normalized spacial score (nSPS) is 11.3. The fraction of sp³-hybridized carbons (Fsp3) is 0.0667. The molecule has 0 bridgehead atoms. The zero-order valence-electron chi connectivity index (χ0n) is 12.0. The number of aryl methyl sites for hydroxylation is 1. The lowest BCUT2D eigenvalue weighted by atomic mass is 10.2. The molecule has 116 valence electrons. The third-order valence-electron chi connectivity index (χ3n) is 3.18. The third kappa shape index (κ3) is 3.25. The van der Waals surface area contributed by atoms with E-state index < -0.39 is 0 Å². The number of hydrazone groups is 1. The summed E-state index contributed by atoms with van der Waals surface area (Å²) < 4.78 is 2.05. The molecular weight excluding hydrogens is 382 g/mol. The molecule has 0 aliphatic heterocycles. The van der Waals surface area contributed by atoms with Gasteiger partial charge in [-0.1, -0.05) is 29.8 Å². The van der Waals surface area contributed by atoms with Crippen molar-refractivity contribution in [1.29, 1.82) is 0 Å². The first kappa shape index (κ1) is 15.6. The van der Waals surface area contributed by atoms with Crippen molar-refractivity contribution in [3.05, 3.63) is 57.4 Å². The molecular formula is C15H11BrClN5O. The largest absolute Gasteiger partial charge is 0.290 e. The van der Waals surface area contributed by atoms with Gasteiger partial charge in [0.1, 0.15) is 10.8 Å². The van der Waals surface area contributed by atoms with E-state index in [9.17, 15) is 4.79 Å². The summed E-state index contributed by atoms with van der Waals surface area (Å²) in [5, 5.41) is 9.18. The zero-order valence-corrected chi connectivity index (χ0v) is 14.3. The van der Waals surface area contributed by atoms with Crippen LogP contribution >= 0.6 is 27.5 Å². The van der Waals surface area contributed by atoms with E-state index in [0.717, 1.165) is 10.9 Å². The van der Waals surface area contributed by atoms with Gasteiger partial charge in [0.2, 0.25) is 0 Å². The first-order chi connectivity index (χ1) is 11.1. The van der Waals surface area contributed by atoms with Crippen LogP contribution in [0.1, 0.15) is 16.1 Å². The van der Waals surface area contributed by atoms with Crippen molar-refractivity contribution in [2.24, 2.45) is 12.1 Å². The lowest BCUT2D eigenvalue weighted by Crippen LogP contribution is -2.21. The smallest absolute Gasteiger partial charge is 0.266 e. The predicted molar refractivity (Wildman–Crippen MR) is 92.7 cm³/mol. The van der Waals surface area contributed by atoms with Crippen LogP contribution in [0.2, 0.25) is 5.15 Å². The number of benzene rings is 1. The van der Waals surface area contributed by atoms with Crippen molar-refractivity contribution in [2.75, 3.05) is 0 Å². The van der Waals surface area contributed by atoms with Gasteiger partial charge in [0.25, 0.3) is 5.91 Å². The number of carbonyl (C=O) groups is 1. The fourth-order valence-electron chi connectivity index (χ4n) is 2.08. The highest BCUT2D eigenvalue weighted by Crippen LogP contribution is 2.19. The number of hydrogen-bond donors (Lipinski definition) is 1. The van der Waals surface area contributed by atoms with Gasteiger partial charge in [-0.25, -0.2) is 10.4 Å². The van der Waals surface area contributed by atoms with Crippen LogP contribution in [-0.4, -0.2) is 26.9 Å². The summed E-state index contributed by atoms with van der Waals surface area (Å²) in [4.78, 5) is 16.4. The Morgan fingerprint density at radius 1 is 1.43 bits per heavy atom. The number of nitrogens with zero attached hydrogens (tertiary/aromatic N) is 4. The van der Waals surface area contributed by atoms with Gasteiger partial charge in [0.05, 0.1) is 22.4 Å². The standard InChI is InChI=1S/C15H11BrClN5O/c1-22-13(11(16)8-19-22)15(23)21-18-7-10-6-9-4-2-3-5-12(9)20-14(10)17/h2-8H,1H3,(H,21,23)/b18-7+. The minimum Gasteiger partial charge on any atom is -0.266 e. The summed E-state index contributed by atoms with van der Waals surface area (Å²) in [6, 6.07) is 9.48. The van der Waals surface area contributed by atoms with Crippen molar-refractivity contribution in [3.8, 4) is 0 Å². The van der Waals surface area contributed by atoms with E-state index >= 15 is 0 Å². The maximum Gasteiger partial charge on any atom is 0.290 e. The summed E-state index contributed by atoms with van der Waals surface area (Å²) in [5.41, 5.74) is 4.25. The molecule has 3 aromatic rings. The molecule has 0 radical (unpaired) electrons. The van der Waals surface area contributed by atoms with E-state index in [-0.39, 0.29) is 5.91 Å². The molecule has 0 aliphatic rings. The Kier molecular flexibility index (Phi) is 4.40. The quantitative estimate of drug-likeness (QED) is 0.423. The van der Waals surface area contributed by atoms with E-state index in [1.165, 1.54) is 10.9 Å². The number of halogens is 2. The molecule has 1 amide bonds. The Hall–Kier alpha value is -2.25. The lowest BCUT2D eigenvalue weighted by Gasteiger charge is -2.03.